The minimum Gasteiger partial charge on any atom is -0.322 e. The smallest absolute Gasteiger partial charge is 0.255 e. The van der Waals surface area contributed by atoms with E-state index in [2.05, 4.69) is 5.32 Å². The fourth-order valence-electron chi connectivity index (χ4n) is 5.53. The minimum absolute atomic E-state index is 0.0840. The lowest BCUT2D eigenvalue weighted by Gasteiger charge is -2.19. The van der Waals surface area contributed by atoms with Gasteiger partial charge >= 0.3 is 0 Å². The normalized spacial score (nSPS) is 27.4. The van der Waals surface area contributed by atoms with Crippen molar-refractivity contribution in [2.24, 2.45) is 23.7 Å². The molecule has 1 aliphatic heterocycles. The molecule has 1 heterocycles. The van der Waals surface area contributed by atoms with Gasteiger partial charge in [-0.25, -0.2) is 0 Å². The van der Waals surface area contributed by atoms with Gasteiger partial charge in [-0.15, -0.1) is 0 Å². The molecule has 2 aliphatic carbocycles. The van der Waals surface area contributed by atoms with Gasteiger partial charge in [0.05, 0.1) is 17.5 Å². The molecular weight excluding hydrogens is 364 g/mol. The maximum atomic E-state index is 13.0. The average molecular weight is 388 g/mol. The van der Waals surface area contributed by atoms with E-state index >= 15 is 0 Å². The monoisotopic (exact) mass is 388 g/mol. The molecular formula is C24H24N2O3. The summed E-state index contributed by atoms with van der Waals surface area (Å²) < 4.78 is 0. The van der Waals surface area contributed by atoms with Crippen LogP contribution in [0.2, 0.25) is 0 Å². The quantitative estimate of drug-likeness (QED) is 0.806. The number of imide groups is 1. The number of aryl methyl sites for hydroxylation is 1. The van der Waals surface area contributed by atoms with Crippen molar-refractivity contribution in [3.63, 3.8) is 0 Å². The lowest BCUT2D eigenvalue weighted by Crippen LogP contribution is -2.33. The van der Waals surface area contributed by atoms with Crippen LogP contribution < -0.4 is 10.2 Å². The van der Waals surface area contributed by atoms with Gasteiger partial charge in [-0.05, 0) is 80.3 Å². The van der Waals surface area contributed by atoms with Gasteiger partial charge in [0.2, 0.25) is 11.8 Å². The predicted molar refractivity (Wildman–Crippen MR) is 111 cm³/mol. The standard InChI is InChI=1S/C24H24N2O3/c1-13-5-3-8-19(14(13)2)25-22(27)17-6-4-7-18(12-17)26-23(28)20-15-9-10-16(11-15)21(20)24(26)29/h3-8,12,15-16,20-21H,9-11H2,1-2H3,(H,25,27)/t15-,16-,20-,21-/m0/s1. The number of nitrogens with one attached hydrogen (secondary N) is 1. The molecule has 5 rings (SSSR count). The summed E-state index contributed by atoms with van der Waals surface area (Å²) in [5.41, 5.74) is 3.82. The Kier molecular flexibility index (Phi) is 4.09. The Labute approximate surface area is 170 Å². The Morgan fingerprint density at radius 1 is 0.966 bits per heavy atom. The molecule has 2 saturated carbocycles. The van der Waals surface area contributed by atoms with Crippen molar-refractivity contribution < 1.29 is 14.4 Å². The van der Waals surface area contributed by atoms with Gasteiger partial charge in [0.1, 0.15) is 0 Å². The molecule has 2 aromatic carbocycles. The minimum atomic E-state index is -0.250. The number of carbonyl (C=O) groups is 3. The fourth-order valence-corrected chi connectivity index (χ4v) is 5.53. The summed E-state index contributed by atoms with van der Waals surface area (Å²) in [4.78, 5) is 40.2. The van der Waals surface area contributed by atoms with Crippen molar-refractivity contribution in [2.45, 2.75) is 33.1 Å². The number of rotatable bonds is 3. The number of nitrogens with zero attached hydrogens (tertiary/aromatic N) is 1. The number of fused-ring (bicyclic) bond motifs is 5. The van der Waals surface area contributed by atoms with Crippen molar-refractivity contribution >= 4 is 29.1 Å². The second kappa shape index (κ2) is 6.55. The van der Waals surface area contributed by atoms with Gasteiger partial charge in [-0.1, -0.05) is 18.2 Å². The molecule has 3 amide bonds. The molecule has 148 valence electrons. The first-order valence-electron chi connectivity index (χ1n) is 10.3. The summed E-state index contributed by atoms with van der Waals surface area (Å²) in [5.74, 6) is -0.0368. The maximum absolute atomic E-state index is 13.0. The number of carbonyl (C=O) groups excluding carboxylic acids is 3. The van der Waals surface area contributed by atoms with Crippen LogP contribution in [0.1, 0.15) is 40.7 Å². The van der Waals surface area contributed by atoms with Crippen molar-refractivity contribution in [2.75, 3.05) is 10.2 Å². The zero-order valence-electron chi connectivity index (χ0n) is 16.6. The molecule has 1 saturated heterocycles. The van der Waals surface area contributed by atoms with E-state index in [9.17, 15) is 14.4 Å². The zero-order chi connectivity index (χ0) is 20.3. The van der Waals surface area contributed by atoms with E-state index in [-0.39, 0.29) is 29.6 Å². The molecule has 5 heteroatoms. The van der Waals surface area contributed by atoms with Crippen LogP contribution in [0.3, 0.4) is 0 Å². The van der Waals surface area contributed by atoms with Crippen molar-refractivity contribution in [3.8, 4) is 0 Å². The number of benzene rings is 2. The van der Waals surface area contributed by atoms with E-state index in [0.29, 0.717) is 23.1 Å². The molecule has 5 nitrogen and oxygen atoms in total. The zero-order valence-corrected chi connectivity index (χ0v) is 16.6. The van der Waals surface area contributed by atoms with Crippen molar-refractivity contribution in [3.05, 3.63) is 59.2 Å². The maximum Gasteiger partial charge on any atom is 0.255 e. The number of anilines is 2. The molecule has 0 spiro atoms. The van der Waals surface area contributed by atoms with Crippen LogP contribution in [0.15, 0.2) is 42.5 Å². The molecule has 2 bridgehead atoms. The van der Waals surface area contributed by atoms with Crippen LogP contribution in [0.4, 0.5) is 11.4 Å². The van der Waals surface area contributed by atoms with Gasteiger partial charge in [0.25, 0.3) is 5.91 Å². The van der Waals surface area contributed by atoms with Crippen LogP contribution in [0.5, 0.6) is 0 Å². The molecule has 3 aliphatic rings. The fraction of sp³-hybridized carbons (Fsp3) is 0.375. The average Bonchev–Trinajstić information content (AvgIpc) is 3.39. The largest absolute Gasteiger partial charge is 0.322 e. The Balaban J connectivity index is 1.42. The molecule has 29 heavy (non-hydrogen) atoms. The summed E-state index contributed by atoms with van der Waals surface area (Å²) in [6, 6.07) is 12.6. The van der Waals surface area contributed by atoms with Crippen LogP contribution in [-0.2, 0) is 9.59 Å². The highest BCUT2D eigenvalue weighted by Gasteiger charge is 2.61. The Morgan fingerprint density at radius 3 is 2.31 bits per heavy atom. The van der Waals surface area contributed by atoms with Crippen molar-refractivity contribution in [1.29, 1.82) is 0 Å². The van der Waals surface area contributed by atoms with E-state index in [1.165, 1.54) is 4.90 Å². The molecule has 3 fully saturated rings. The van der Waals surface area contributed by atoms with Crippen LogP contribution in [-0.4, -0.2) is 17.7 Å². The summed E-state index contributed by atoms with van der Waals surface area (Å²) >= 11 is 0. The first kappa shape index (κ1) is 18.1. The van der Waals surface area contributed by atoms with Gasteiger partial charge in [0, 0.05) is 11.3 Å². The van der Waals surface area contributed by atoms with Crippen LogP contribution in [0, 0.1) is 37.5 Å². The highest BCUT2D eigenvalue weighted by atomic mass is 16.2. The summed E-state index contributed by atoms with van der Waals surface area (Å²) in [6.45, 7) is 3.97. The first-order chi connectivity index (χ1) is 14.0. The first-order valence-corrected chi connectivity index (χ1v) is 10.3. The molecule has 0 radical (unpaired) electrons. The number of hydrogen-bond donors (Lipinski definition) is 1. The number of amides is 3. The van der Waals surface area contributed by atoms with E-state index in [0.717, 1.165) is 36.1 Å². The Bertz CT molecular complexity index is 1020. The Hall–Kier alpha value is -2.95. The number of hydrogen-bond acceptors (Lipinski definition) is 3. The highest BCUT2D eigenvalue weighted by Crippen LogP contribution is 2.56. The predicted octanol–water partition coefficient (Wildman–Crippen LogP) is 4.09. The lowest BCUT2D eigenvalue weighted by atomic mass is 9.81. The second-order valence-electron chi connectivity index (χ2n) is 8.65. The second-order valence-corrected chi connectivity index (χ2v) is 8.65. The van der Waals surface area contributed by atoms with Gasteiger partial charge in [0.15, 0.2) is 0 Å². The SMILES string of the molecule is Cc1cccc(NC(=O)c2cccc(N3C(=O)[C@H]4[C@H]5CC[C@@H](C5)[C@@H]4C3=O)c2)c1C. The molecule has 2 aromatic rings. The van der Waals surface area contributed by atoms with Gasteiger partial charge < -0.3 is 5.32 Å². The van der Waals surface area contributed by atoms with Crippen LogP contribution in [0.25, 0.3) is 0 Å². The summed E-state index contributed by atoms with van der Waals surface area (Å²) in [7, 11) is 0. The third-order valence-electron chi connectivity index (χ3n) is 7.15. The van der Waals surface area contributed by atoms with E-state index in [1.54, 1.807) is 24.3 Å². The summed E-state index contributed by atoms with van der Waals surface area (Å²) in [6.07, 6.45) is 3.12. The third kappa shape index (κ3) is 2.71. The summed E-state index contributed by atoms with van der Waals surface area (Å²) in [5, 5.41) is 2.94. The van der Waals surface area contributed by atoms with E-state index in [1.807, 2.05) is 32.0 Å². The van der Waals surface area contributed by atoms with E-state index < -0.39 is 0 Å². The van der Waals surface area contributed by atoms with Crippen molar-refractivity contribution in [1.82, 2.24) is 0 Å². The Morgan fingerprint density at radius 2 is 1.62 bits per heavy atom. The molecule has 4 atom stereocenters. The van der Waals surface area contributed by atoms with Gasteiger partial charge in [-0.3, -0.25) is 19.3 Å². The van der Waals surface area contributed by atoms with Gasteiger partial charge in [-0.2, -0.15) is 0 Å². The molecule has 0 unspecified atom stereocenters. The third-order valence-corrected chi connectivity index (χ3v) is 7.15. The van der Waals surface area contributed by atoms with Crippen LogP contribution >= 0.6 is 0 Å². The topological polar surface area (TPSA) is 66.5 Å². The molecule has 0 aromatic heterocycles. The highest BCUT2D eigenvalue weighted by molar-refractivity contribution is 6.23. The lowest BCUT2D eigenvalue weighted by molar-refractivity contribution is -0.123. The van der Waals surface area contributed by atoms with E-state index in [4.69, 9.17) is 0 Å². The molecule has 1 N–H and O–H groups in total.